The first-order chi connectivity index (χ1) is 7.52. The van der Waals surface area contributed by atoms with Crippen LogP contribution in [-0.2, 0) is 0 Å². The molecule has 0 aliphatic rings. The Morgan fingerprint density at radius 3 is 2.44 bits per heavy atom. The highest BCUT2D eigenvalue weighted by Crippen LogP contribution is 2.31. The first-order valence-corrected chi connectivity index (χ1v) is 6.66. The van der Waals surface area contributed by atoms with Gasteiger partial charge in [0.2, 0.25) is 0 Å². The minimum absolute atomic E-state index is 0.0996. The first-order valence-electron chi connectivity index (χ1n) is 6.22. The van der Waals surface area contributed by atoms with Gasteiger partial charge in [-0.2, -0.15) is 5.10 Å². The zero-order chi connectivity index (χ0) is 12.3. The minimum atomic E-state index is 0.0996. The Morgan fingerprint density at radius 2 is 1.94 bits per heavy atom. The van der Waals surface area contributed by atoms with Gasteiger partial charge in [0.1, 0.15) is 0 Å². The summed E-state index contributed by atoms with van der Waals surface area (Å²) in [6.07, 6.45) is 3.31. The summed E-state index contributed by atoms with van der Waals surface area (Å²) in [6.45, 7) is 10.7. The molecule has 2 unspecified atom stereocenters. The Labute approximate surface area is 104 Å². The van der Waals surface area contributed by atoms with Crippen molar-refractivity contribution < 1.29 is 0 Å². The monoisotopic (exact) mass is 242 g/mol. The molecule has 0 N–H and O–H groups in total. The highest BCUT2D eigenvalue weighted by atomic mass is 35.5. The third-order valence-corrected chi connectivity index (χ3v) is 3.70. The number of alkyl halides is 1. The van der Waals surface area contributed by atoms with Crippen molar-refractivity contribution in [2.45, 2.75) is 65.3 Å². The summed E-state index contributed by atoms with van der Waals surface area (Å²) in [4.78, 5) is 0. The van der Waals surface area contributed by atoms with Gasteiger partial charge >= 0.3 is 0 Å². The lowest BCUT2D eigenvalue weighted by Crippen LogP contribution is -2.09. The molecule has 0 radical (unpaired) electrons. The Balaban J connectivity index is 3.06. The van der Waals surface area contributed by atoms with Crippen molar-refractivity contribution >= 4 is 11.6 Å². The van der Waals surface area contributed by atoms with Crippen molar-refractivity contribution in [1.29, 1.82) is 0 Å². The fourth-order valence-electron chi connectivity index (χ4n) is 2.30. The summed E-state index contributed by atoms with van der Waals surface area (Å²) in [7, 11) is 0. The van der Waals surface area contributed by atoms with Gasteiger partial charge in [0, 0.05) is 17.3 Å². The number of rotatable bonds is 5. The smallest absolute Gasteiger partial charge is 0.0643 e. The molecule has 2 atom stereocenters. The maximum atomic E-state index is 6.34. The predicted molar refractivity (Wildman–Crippen MR) is 70.2 cm³/mol. The second-order valence-corrected chi connectivity index (χ2v) is 5.07. The summed E-state index contributed by atoms with van der Waals surface area (Å²) in [5, 5.41) is 4.73. The summed E-state index contributed by atoms with van der Waals surface area (Å²) in [5.41, 5.74) is 3.55. The van der Waals surface area contributed by atoms with Crippen molar-refractivity contribution in [3.8, 4) is 0 Å². The number of nitrogens with zero attached hydrogens (tertiary/aromatic N) is 2. The van der Waals surface area contributed by atoms with E-state index in [0.717, 1.165) is 12.1 Å². The maximum Gasteiger partial charge on any atom is 0.0643 e. The van der Waals surface area contributed by atoms with Crippen LogP contribution in [0, 0.1) is 13.8 Å². The van der Waals surface area contributed by atoms with E-state index < -0.39 is 0 Å². The minimum Gasteiger partial charge on any atom is -0.267 e. The zero-order valence-electron chi connectivity index (χ0n) is 11.0. The standard InChI is InChI=1S/C13H23ClN2/c1-6-8-9(3)16-11(5)13(10(4)15-16)12(14)7-2/h9,12H,6-8H2,1-5H3. The summed E-state index contributed by atoms with van der Waals surface area (Å²) < 4.78 is 2.14. The average molecular weight is 243 g/mol. The van der Waals surface area contributed by atoms with Crippen LogP contribution in [0.4, 0.5) is 0 Å². The summed E-state index contributed by atoms with van der Waals surface area (Å²) in [6, 6.07) is 0.471. The molecule has 0 aliphatic carbocycles. The quantitative estimate of drug-likeness (QED) is 0.693. The molecule has 1 rings (SSSR count). The van der Waals surface area contributed by atoms with E-state index in [4.69, 9.17) is 11.6 Å². The third-order valence-electron chi connectivity index (χ3n) is 3.18. The van der Waals surface area contributed by atoms with Crippen LogP contribution in [0.5, 0.6) is 0 Å². The Morgan fingerprint density at radius 1 is 1.31 bits per heavy atom. The summed E-state index contributed by atoms with van der Waals surface area (Å²) >= 11 is 6.34. The summed E-state index contributed by atoms with van der Waals surface area (Å²) in [5.74, 6) is 0. The van der Waals surface area contributed by atoms with Crippen LogP contribution in [0.25, 0.3) is 0 Å². The molecule has 2 nitrogen and oxygen atoms in total. The van der Waals surface area contributed by atoms with Crippen LogP contribution in [0.3, 0.4) is 0 Å². The lowest BCUT2D eigenvalue weighted by Gasteiger charge is -2.14. The van der Waals surface area contributed by atoms with Gasteiger partial charge in [-0.3, -0.25) is 4.68 Å². The Hall–Kier alpha value is -0.500. The lowest BCUT2D eigenvalue weighted by atomic mass is 10.1. The number of hydrogen-bond donors (Lipinski definition) is 0. The van der Waals surface area contributed by atoms with Gasteiger partial charge in [-0.05, 0) is 33.6 Å². The Bertz CT molecular complexity index is 344. The molecule has 0 amide bonds. The topological polar surface area (TPSA) is 17.8 Å². The SMILES string of the molecule is CCCC(C)n1nc(C)c(C(Cl)CC)c1C. The van der Waals surface area contributed by atoms with E-state index in [2.05, 4.69) is 44.4 Å². The van der Waals surface area contributed by atoms with Crippen LogP contribution in [0.15, 0.2) is 0 Å². The molecule has 92 valence electrons. The van der Waals surface area contributed by atoms with Crippen LogP contribution in [0.2, 0.25) is 0 Å². The van der Waals surface area contributed by atoms with Crippen LogP contribution >= 0.6 is 11.6 Å². The van der Waals surface area contributed by atoms with Gasteiger partial charge in [0.25, 0.3) is 0 Å². The molecule has 0 aromatic carbocycles. The fraction of sp³-hybridized carbons (Fsp3) is 0.769. The van der Waals surface area contributed by atoms with Crippen molar-refractivity contribution in [1.82, 2.24) is 9.78 Å². The lowest BCUT2D eigenvalue weighted by molar-refractivity contribution is 0.443. The van der Waals surface area contributed by atoms with Gasteiger partial charge in [0.05, 0.1) is 11.1 Å². The first kappa shape index (κ1) is 13.6. The molecule has 0 saturated carbocycles. The van der Waals surface area contributed by atoms with E-state index in [1.54, 1.807) is 0 Å². The van der Waals surface area contributed by atoms with Crippen LogP contribution in [0.1, 0.15) is 68.4 Å². The molecule has 1 aromatic heterocycles. The van der Waals surface area contributed by atoms with Gasteiger partial charge in [-0.1, -0.05) is 20.3 Å². The molecule has 0 bridgehead atoms. The molecule has 1 aromatic rings. The van der Waals surface area contributed by atoms with E-state index in [0.29, 0.717) is 6.04 Å². The second kappa shape index (κ2) is 5.72. The van der Waals surface area contributed by atoms with E-state index in [1.165, 1.54) is 24.1 Å². The van der Waals surface area contributed by atoms with E-state index in [-0.39, 0.29) is 5.38 Å². The van der Waals surface area contributed by atoms with Gasteiger partial charge < -0.3 is 0 Å². The van der Waals surface area contributed by atoms with Crippen LogP contribution in [-0.4, -0.2) is 9.78 Å². The number of hydrogen-bond acceptors (Lipinski definition) is 1. The molecular weight excluding hydrogens is 220 g/mol. The van der Waals surface area contributed by atoms with E-state index in [9.17, 15) is 0 Å². The largest absolute Gasteiger partial charge is 0.267 e. The van der Waals surface area contributed by atoms with Crippen molar-refractivity contribution in [2.75, 3.05) is 0 Å². The highest BCUT2D eigenvalue weighted by molar-refractivity contribution is 6.20. The van der Waals surface area contributed by atoms with E-state index >= 15 is 0 Å². The number of aryl methyl sites for hydroxylation is 1. The molecule has 0 saturated heterocycles. The maximum absolute atomic E-state index is 6.34. The molecule has 0 fully saturated rings. The normalized spacial score (nSPS) is 15.1. The number of halogens is 1. The van der Waals surface area contributed by atoms with Gasteiger partial charge in [-0.25, -0.2) is 0 Å². The number of aromatic nitrogens is 2. The predicted octanol–water partition coefficient (Wildman–Crippen LogP) is 4.55. The van der Waals surface area contributed by atoms with Gasteiger partial charge in [-0.15, -0.1) is 11.6 Å². The molecule has 16 heavy (non-hydrogen) atoms. The second-order valence-electron chi connectivity index (χ2n) is 4.54. The molecule has 0 aliphatic heterocycles. The highest BCUT2D eigenvalue weighted by Gasteiger charge is 2.19. The third kappa shape index (κ3) is 2.60. The molecular formula is C13H23ClN2. The average Bonchev–Trinajstić information content (AvgIpc) is 2.54. The van der Waals surface area contributed by atoms with E-state index in [1.807, 2.05) is 0 Å². The Kier molecular flexibility index (Phi) is 4.85. The van der Waals surface area contributed by atoms with Gasteiger partial charge in [0.15, 0.2) is 0 Å². The molecule has 1 heterocycles. The fourth-order valence-corrected chi connectivity index (χ4v) is 2.62. The zero-order valence-corrected chi connectivity index (χ0v) is 11.8. The molecule has 3 heteroatoms. The van der Waals surface area contributed by atoms with Crippen molar-refractivity contribution in [3.63, 3.8) is 0 Å². The van der Waals surface area contributed by atoms with Crippen molar-refractivity contribution in [2.24, 2.45) is 0 Å². The van der Waals surface area contributed by atoms with Crippen molar-refractivity contribution in [3.05, 3.63) is 17.0 Å². The molecule has 0 spiro atoms. The van der Waals surface area contributed by atoms with Crippen LogP contribution < -0.4 is 0 Å².